The molecule has 1 saturated heterocycles. The molecule has 15 heavy (non-hydrogen) atoms. The van der Waals surface area contributed by atoms with E-state index in [1.165, 1.54) is 6.42 Å². The van der Waals surface area contributed by atoms with Gasteiger partial charge in [-0.15, -0.1) is 0 Å². The topological polar surface area (TPSA) is 32.3 Å². The van der Waals surface area contributed by atoms with E-state index < -0.39 is 0 Å². The quantitative estimate of drug-likeness (QED) is 0.713. The van der Waals surface area contributed by atoms with Crippen molar-refractivity contribution in [1.82, 2.24) is 10.2 Å². The van der Waals surface area contributed by atoms with Crippen molar-refractivity contribution in [3.8, 4) is 0 Å². The van der Waals surface area contributed by atoms with E-state index in [1.54, 1.807) is 0 Å². The van der Waals surface area contributed by atoms with E-state index in [0.717, 1.165) is 32.5 Å². The third-order valence-corrected chi connectivity index (χ3v) is 3.26. The van der Waals surface area contributed by atoms with E-state index >= 15 is 0 Å². The van der Waals surface area contributed by atoms with Gasteiger partial charge in [0.15, 0.2) is 0 Å². The number of hydrogen-bond donors (Lipinski definition) is 1. The van der Waals surface area contributed by atoms with E-state index in [0.29, 0.717) is 11.8 Å². The van der Waals surface area contributed by atoms with Gasteiger partial charge in [-0.25, -0.2) is 4.79 Å². The monoisotopic (exact) mass is 212 g/mol. The summed E-state index contributed by atoms with van der Waals surface area (Å²) in [6.07, 6.45) is 3.38. The second-order valence-electron chi connectivity index (χ2n) is 4.82. The number of nitrogens with zero attached hydrogens (tertiary/aromatic N) is 1. The average molecular weight is 212 g/mol. The number of unbranched alkanes of at least 4 members (excludes halogenated alkanes) is 1. The van der Waals surface area contributed by atoms with Crippen molar-refractivity contribution < 1.29 is 4.79 Å². The molecule has 0 spiro atoms. The molecule has 1 unspecified atom stereocenters. The van der Waals surface area contributed by atoms with Crippen LogP contribution in [0.25, 0.3) is 0 Å². The second kappa shape index (κ2) is 5.99. The lowest BCUT2D eigenvalue weighted by Gasteiger charge is -2.18. The summed E-state index contributed by atoms with van der Waals surface area (Å²) in [5, 5.41) is 2.97. The predicted octanol–water partition coefficient (Wildman–Crippen LogP) is 2.47. The largest absolute Gasteiger partial charge is 0.338 e. The van der Waals surface area contributed by atoms with Gasteiger partial charge in [-0.2, -0.15) is 0 Å². The number of carbonyl (C=O) groups is 1. The fourth-order valence-electron chi connectivity index (χ4n) is 2.00. The third-order valence-electron chi connectivity index (χ3n) is 3.26. The molecule has 1 heterocycles. The molecular formula is C12H24N2O. The number of nitrogens with one attached hydrogen (secondary N) is 1. The van der Waals surface area contributed by atoms with Crippen LogP contribution in [0.4, 0.5) is 4.79 Å². The molecular weight excluding hydrogens is 188 g/mol. The molecule has 1 N–H and O–H groups in total. The highest BCUT2D eigenvalue weighted by Gasteiger charge is 2.27. The van der Waals surface area contributed by atoms with Crippen molar-refractivity contribution >= 4 is 6.03 Å². The highest BCUT2D eigenvalue weighted by atomic mass is 16.2. The van der Waals surface area contributed by atoms with Gasteiger partial charge >= 0.3 is 6.03 Å². The van der Waals surface area contributed by atoms with Crippen LogP contribution in [0.5, 0.6) is 0 Å². The molecule has 0 aliphatic carbocycles. The number of likely N-dealkylation sites (tertiary alicyclic amines) is 1. The number of carbonyl (C=O) groups excluding carboxylic acids is 1. The maximum Gasteiger partial charge on any atom is 0.317 e. The Labute approximate surface area is 93.2 Å². The first-order chi connectivity index (χ1) is 7.15. The van der Waals surface area contributed by atoms with Gasteiger partial charge in [0.2, 0.25) is 0 Å². The molecule has 3 nitrogen and oxygen atoms in total. The molecule has 3 heteroatoms. The van der Waals surface area contributed by atoms with Crippen LogP contribution < -0.4 is 5.32 Å². The summed E-state index contributed by atoms with van der Waals surface area (Å²) in [6, 6.07) is 0.131. The van der Waals surface area contributed by atoms with E-state index in [9.17, 15) is 4.79 Å². The molecule has 0 aromatic heterocycles. The zero-order chi connectivity index (χ0) is 11.3. The van der Waals surface area contributed by atoms with E-state index in [-0.39, 0.29) is 6.03 Å². The van der Waals surface area contributed by atoms with Gasteiger partial charge in [0.1, 0.15) is 0 Å². The summed E-state index contributed by atoms with van der Waals surface area (Å²) in [5.74, 6) is 1.39. The molecule has 1 atom stereocenters. The number of amides is 2. The van der Waals surface area contributed by atoms with Crippen molar-refractivity contribution in [2.45, 2.75) is 40.0 Å². The number of rotatable bonds is 4. The summed E-state index contributed by atoms with van der Waals surface area (Å²) < 4.78 is 0. The van der Waals surface area contributed by atoms with Crippen molar-refractivity contribution in [2.24, 2.45) is 11.8 Å². The Morgan fingerprint density at radius 1 is 1.53 bits per heavy atom. The minimum Gasteiger partial charge on any atom is -0.338 e. The van der Waals surface area contributed by atoms with E-state index in [1.807, 2.05) is 4.90 Å². The van der Waals surface area contributed by atoms with Crippen LogP contribution in [0.15, 0.2) is 0 Å². The molecule has 0 aromatic rings. The fraction of sp³-hybridized carbons (Fsp3) is 0.917. The molecule has 0 radical (unpaired) electrons. The minimum absolute atomic E-state index is 0.131. The van der Waals surface area contributed by atoms with Crippen LogP contribution in [-0.4, -0.2) is 30.6 Å². The highest BCUT2D eigenvalue weighted by molar-refractivity contribution is 5.74. The number of urea groups is 1. The van der Waals surface area contributed by atoms with Gasteiger partial charge < -0.3 is 10.2 Å². The Morgan fingerprint density at radius 3 is 2.80 bits per heavy atom. The molecule has 1 rings (SSSR count). The third kappa shape index (κ3) is 3.73. The summed E-state index contributed by atoms with van der Waals surface area (Å²) in [5.41, 5.74) is 0. The van der Waals surface area contributed by atoms with Crippen molar-refractivity contribution in [1.29, 1.82) is 0 Å². The highest BCUT2D eigenvalue weighted by Crippen LogP contribution is 2.23. The normalized spacial score (nSPS) is 21.1. The van der Waals surface area contributed by atoms with Crippen LogP contribution in [0, 0.1) is 11.8 Å². The molecule has 1 fully saturated rings. The summed E-state index contributed by atoms with van der Waals surface area (Å²) >= 11 is 0. The SMILES string of the molecule is CCCCNC(=O)N1CCC(C(C)C)C1. The Bertz CT molecular complexity index is 204. The standard InChI is InChI=1S/C12H24N2O/c1-4-5-7-13-12(15)14-8-6-11(9-14)10(2)3/h10-11H,4-9H2,1-3H3,(H,13,15). The number of hydrogen-bond acceptors (Lipinski definition) is 1. The van der Waals surface area contributed by atoms with Gasteiger partial charge in [-0.05, 0) is 24.7 Å². The Hall–Kier alpha value is -0.730. The zero-order valence-electron chi connectivity index (χ0n) is 10.3. The van der Waals surface area contributed by atoms with Crippen molar-refractivity contribution in [3.63, 3.8) is 0 Å². The van der Waals surface area contributed by atoms with Crippen molar-refractivity contribution in [2.75, 3.05) is 19.6 Å². The molecule has 1 aliphatic heterocycles. The van der Waals surface area contributed by atoms with Gasteiger partial charge in [-0.3, -0.25) is 0 Å². The Morgan fingerprint density at radius 2 is 2.27 bits per heavy atom. The summed E-state index contributed by atoms with van der Waals surface area (Å²) in [4.78, 5) is 13.7. The molecule has 88 valence electrons. The van der Waals surface area contributed by atoms with Gasteiger partial charge in [0.25, 0.3) is 0 Å². The lowest BCUT2D eigenvalue weighted by Crippen LogP contribution is -2.39. The average Bonchev–Trinajstić information content (AvgIpc) is 2.66. The zero-order valence-corrected chi connectivity index (χ0v) is 10.3. The summed E-state index contributed by atoms with van der Waals surface area (Å²) in [6.45, 7) is 9.30. The van der Waals surface area contributed by atoms with Crippen LogP contribution in [0.3, 0.4) is 0 Å². The first-order valence-electron chi connectivity index (χ1n) is 6.18. The lowest BCUT2D eigenvalue weighted by molar-refractivity contribution is 0.205. The molecule has 2 amide bonds. The van der Waals surface area contributed by atoms with Crippen LogP contribution >= 0.6 is 0 Å². The first kappa shape index (κ1) is 12.3. The van der Waals surface area contributed by atoms with Crippen LogP contribution in [-0.2, 0) is 0 Å². The Kier molecular flexibility index (Phi) is 4.92. The smallest absolute Gasteiger partial charge is 0.317 e. The maximum atomic E-state index is 11.7. The Balaban J connectivity index is 2.24. The van der Waals surface area contributed by atoms with E-state index in [2.05, 4.69) is 26.1 Å². The van der Waals surface area contributed by atoms with Crippen LogP contribution in [0.1, 0.15) is 40.0 Å². The first-order valence-corrected chi connectivity index (χ1v) is 6.18. The van der Waals surface area contributed by atoms with Crippen molar-refractivity contribution in [3.05, 3.63) is 0 Å². The minimum atomic E-state index is 0.131. The molecule has 0 aromatic carbocycles. The van der Waals surface area contributed by atoms with Crippen LogP contribution in [0.2, 0.25) is 0 Å². The molecule has 0 bridgehead atoms. The van der Waals surface area contributed by atoms with Gasteiger partial charge in [-0.1, -0.05) is 27.2 Å². The summed E-state index contributed by atoms with van der Waals surface area (Å²) in [7, 11) is 0. The fourth-order valence-corrected chi connectivity index (χ4v) is 2.00. The van der Waals surface area contributed by atoms with E-state index in [4.69, 9.17) is 0 Å². The molecule has 1 aliphatic rings. The van der Waals surface area contributed by atoms with Gasteiger partial charge in [0.05, 0.1) is 0 Å². The van der Waals surface area contributed by atoms with Gasteiger partial charge in [0, 0.05) is 19.6 Å². The maximum absolute atomic E-state index is 11.7. The lowest BCUT2D eigenvalue weighted by atomic mass is 9.95. The molecule has 0 saturated carbocycles. The predicted molar refractivity (Wildman–Crippen MR) is 62.8 cm³/mol. The second-order valence-corrected chi connectivity index (χ2v) is 4.82.